The molecule has 0 unspecified atom stereocenters. The number of carboxylic acid groups (broad SMARTS) is 1. The van der Waals surface area contributed by atoms with Crippen LogP contribution in [-0.4, -0.2) is 36.9 Å². The maximum atomic E-state index is 11.2. The minimum atomic E-state index is -0.751. The molecule has 2 aromatic rings. The van der Waals surface area contributed by atoms with Gasteiger partial charge in [-0.3, -0.25) is 9.48 Å². The number of nitrogens with zero attached hydrogens (tertiary/aromatic N) is 4. The zero-order valence-electron chi connectivity index (χ0n) is 13.8. The highest BCUT2D eigenvalue weighted by Crippen LogP contribution is 2.30. The highest BCUT2D eigenvalue weighted by atomic mass is 16.5. The first kappa shape index (κ1) is 16.2. The summed E-state index contributed by atoms with van der Waals surface area (Å²) in [5.41, 5.74) is 7.32. The molecule has 0 aromatic carbocycles. The Labute approximate surface area is 139 Å². The second-order valence-corrected chi connectivity index (χ2v) is 6.15. The number of hydrogen-bond acceptors (Lipinski definition) is 6. The number of nitrogen functional groups attached to an aromatic ring is 1. The lowest BCUT2D eigenvalue weighted by molar-refractivity contribution is -0.143. The van der Waals surface area contributed by atoms with Crippen LogP contribution in [0.2, 0.25) is 0 Å². The van der Waals surface area contributed by atoms with E-state index in [1.165, 1.54) is 0 Å². The zero-order valence-corrected chi connectivity index (χ0v) is 13.8. The van der Waals surface area contributed by atoms with Crippen LogP contribution in [0.5, 0.6) is 5.75 Å². The van der Waals surface area contributed by atoms with Gasteiger partial charge >= 0.3 is 5.97 Å². The summed E-state index contributed by atoms with van der Waals surface area (Å²) in [6.45, 7) is 1.84. The van der Waals surface area contributed by atoms with Crippen LogP contribution < -0.4 is 10.5 Å². The van der Waals surface area contributed by atoms with Gasteiger partial charge in [-0.05, 0) is 32.6 Å². The summed E-state index contributed by atoms with van der Waals surface area (Å²) in [4.78, 5) is 19.9. The van der Waals surface area contributed by atoms with Crippen molar-refractivity contribution in [1.82, 2.24) is 19.7 Å². The van der Waals surface area contributed by atoms with Gasteiger partial charge in [-0.25, -0.2) is 9.97 Å². The van der Waals surface area contributed by atoms with Crippen molar-refractivity contribution >= 4 is 11.8 Å². The first-order valence-electron chi connectivity index (χ1n) is 7.96. The number of aryl methyl sites for hydroxylation is 2. The number of aliphatic carboxylic acids is 1. The third-order valence-electron chi connectivity index (χ3n) is 4.43. The molecule has 1 aliphatic rings. The van der Waals surface area contributed by atoms with Crippen molar-refractivity contribution in [2.75, 3.05) is 5.73 Å². The van der Waals surface area contributed by atoms with Gasteiger partial charge in [0.1, 0.15) is 5.82 Å². The third-order valence-corrected chi connectivity index (χ3v) is 4.43. The Bertz CT molecular complexity index is 758. The van der Waals surface area contributed by atoms with Gasteiger partial charge in [0, 0.05) is 7.05 Å². The standard InChI is InChI=1S/C16H21N5O3/c1-9-13(24-11-5-3-4-10(6-11)16(22)23)8-18-15(20-9)12-7-19-21(2)14(12)17/h7-8,10-11H,3-6,17H2,1-2H3,(H,22,23)/t10-,11-/m0/s1. The fourth-order valence-corrected chi connectivity index (χ4v) is 2.98. The van der Waals surface area contributed by atoms with Crippen LogP contribution in [0, 0.1) is 12.8 Å². The van der Waals surface area contributed by atoms with Crippen molar-refractivity contribution in [3.8, 4) is 17.1 Å². The minimum Gasteiger partial charge on any atom is -0.487 e. The minimum absolute atomic E-state index is 0.114. The molecule has 2 atom stereocenters. The molecule has 0 radical (unpaired) electrons. The molecule has 1 aliphatic carbocycles. The monoisotopic (exact) mass is 331 g/mol. The molecule has 2 heterocycles. The molecule has 0 bridgehead atoms. The molecular weight excluding hydrogens is 310 g/mol. The summed E-state index contributed by atoms with van der Waals surface area (Å²) in [5, 5.41) is 13.3. The predicted molar refractivity (Wildman–Crippen MR) is 87.4 cm³/mol. The largest absolute Gasteiger partial charge is 0.487 e. The molecule has 128 valence electrons. The first-order chi connectivity index (χ1) is 11.5. The van der Waals surface area contributed by atoms with Gasteiger partial charge in [-0.1, -0.05) is 0 Å². The molecule has 2 aromatic heterocycles. The van der Waals surface area contributed by atoms with E-state index in [0.29, 0.717) is 41.5 Å². The van der Waals surface area contributed by atoms with Crippen molar-refractivity contribution < 1.29 is 14.6 Å². The molecule has 8 nitrogen and oxygen atoms in total. The molecule has 3 N–H and O–H groups in total. The number of carboxylic acids is 1. The Hall–Kier alpha value is -2.64. The van der Waals surface area contributed by atoms with E-state index < -0.39 is 5.97 Å². The summed E-state index contributed by atoms with van der Waals surface area (Å²) >= 11 is 0. The van der Waals surface area contributed by atoms with Crippen molar-refractivity contribution in [2.45, 2.75) is 38.7 Å². The lowest BCUT2D eigenvalue weighted by atomic mass is 9.87. The van der Waals surface area contributed by atoms with Gasteiger partial charge in [0.05, 0.1) is 35.7 Å². The van der Waals surface area contributed by atoms with Crippen molar-refractivity contribution in [3.05, 3.63) is 18.1 Å². The highest BCUT2D eigenvalue weighted by Gasteiger charge is 2.28. The molecular formula is C16H21N5O3. The van der Waals surface area contributed by atoms with Gasteiger partial charge in [0.2, 0.25) is 0 Å². The van der Waals surface area contributed by atoms with E-state index in [0.717, 1.165) is 12.8 Å². The van der Waals surface area contributed by atoms with Crippen molar-refractivity contribution in [3.63, 3.8) is 0 Å². The highest BCUT2D eigenvalue weighted by molar-refractivity contribution is 5.70. The Morgan fingerprint density at radius 3 is 2.83 bits per heavy atom. The third kappa shape index (κ3) is 3.17. The van der Waals surface area contributed by atoms with Crippen LogP contribution in [0.3, 0.4) is 0 Å². The molecule has 0 spiro atoms. The summed E-state index contributed by atoms with van der Waals surface area (Å²) in [6.07, 6.45) is 6.07. The van der Waals surface area contributed by atoms with Crippen LogP contribution in [-0.2, 0) is 11.8 Å². The first-order valence-corrected chi connectivity index (χ1v) is 7.96. The van der Waals surface area contributed by atoms with E-state index in [-0.39, 0.29) is 12.0 Å². The van der Waals surface area contributed by atoms with Gasteiger partial charge < -0.3 is 15.6 Å². The number of hydrogen-bond donors (Lipinski definition) is 2. The molecule has 0 amide bonds. The Morgan fingerprint density at radius 1 is 1.42 bits per heavy atom. The maximum absolute atomic E-state index is 11.2. The van der Waals surface area contributed by atoms with Crippen LogP contribution in [0.1, 0.15) is 31.4 Å². The molecule has 0 aliphatic heterocycles. The molecule has 1 saturated carbocycles. The smallest absolute Gasteiger partial charge is 0.306 e. The second kappa shape index (κ2) is 6.46. The fraction of sp³-hybridized carbons (Fsp3) is 0.500. The summed E-state index contributed by atoms with van der Waals surface area (Å²) in [5.74, 6) is 0.493. The van der Waals surface area contributed by atoms with Crippen LogP contribution in [0.25, 0.3) is 11.4 Å². The average Bonchev–Trinajstić information content (AvgIpc) is 2.89. The quantitative estimate of drug-likeness (QED) is 0.877. The Morgan fingerprint density at radius 2 is 2.21 bits per heavy atom. The van der Waals surface area contributed by atoms with E-state index in [1.807, 2.05) is 6.92 Å². The average molecular weight is 331 g/mol. The van der Waals surface area contributed by atoms with E-state index in [2.05, 4.69) is 15.1 Å². The normalized spacial score (nSPS) is 20.8. The summed E-state index contributed by atoms with van der Waals surface area (Å²) in [7, 11) is 1.76. The molecule has 1 fully saturated rings. The van der Waals surface area contributed by atoms with E-state index in [4.69, 9.17) is 15.6 Å². The maximum Gasteiger partial charge on any atom is 0.306 e. The number of aromatic nitrogens is 4. The van der Waals surface area contributed by atoms with Gasteiger partial charge in [-0.2, -0.15) is 5.10 Å². The number of carbonyl (C=O) groups is 1. The van der Waals surface area contributed by atoms with Crippen LogP contribution in [0.4, 0.5) is 5.82 Å². The van der Waals surface area contributed by atoms with E-state index >= 15 is 0 Å². The Kier molecular flexibility index (Phi) is 4.37. The number of nitrogens with two attached hydrogens (primary N) is 1. The lowest BCUT2D eigenvalue weighted by Crippen LogP contribution is -2.29. The second-order valence-electron chi connectivity index (χ2n) is 6.15. The zero-order chi connectivity index (χ0) is 17.3. The topological polar surface area (TPSA) is 116 Å². The lowest BCUT2D eigenvalue weighted by Gasteiger charge is -2.27. The van der Waals surface area contributed by atoms with Gasteiger partial charge in [-0.15, -0.1) is 0 Å². The fourth-order valence-electron chi connectivity index (χ4n) is 2.98. The summed E-state index contributed by atoms with van der Waals surface area (Å²) < 4.78 is 7.51. The number of rotatable bonds is 4. The molecule has 0 saturated heterocycles. The summed E-state index contributed by atoms with van der Waals surface area (Å²) in [6, 6.07) is 0. The van der Waals surface area contributed by atoms with Crippen molar-refractivity contribution in [2.24, 2.45) is 13.0 Å². The van der Waals surface area contributed by atoms with Crippen LogP contribution in [0.15, 0.2) is 12.4 Å². The molecule has 8 heteroatoms. The predicted octanol–water partition coefficient (Wildman–Crippen LogP) is 1.79. The van der Waals surface area contributed by atoms with E-state index in [1.54, 1.807) is 24.1 Å². The van der Waals surface area contributed by atoms with Gasteiger partial charge in [0.15, 0.2) is 11.6 Å². The number of ether oxygens (including phenoxy) is 1. The Balaban J connectivity index is 1.76. The molecule has 3 rings (SSSR count). The van der Waals surface area contributed by atoms with E-state index in [9.17, 15) is 4.79 Å². The van der Waals surface area contributed by atoms with Gasteiger partial charge in [0.25, 0.3) is 0 Å². The van der Waals surface area contributed by atoms with Crippen LogP contribution >= 0.6 is 0 Å². The number of anilines is 1. The SMILES string of the molecule is Cc1nc(-c2cnn(C)c2N)ncc1O[C@H]1CCC[C@H](C(=O)O)C1. The van der Waals surface area contributed by atoms with Crippen molar-refractivity contribution in [1.29, 1.82) is 0 Å². The molecule has 24 heavy (non-hydrogen) atoms.